The molecule has 1 atom stereocenters. The van der Waals surface area contributed by atoms with E-state index in [0.717, 1.165) is 18.4 Å². The number of aryl methyl sites for hydroxylation is 1. The molecule has 21 heavy (non-hydrogen) atoms. The fourth-order valence-corrected chi connectivity index (χ4v) is 1.93. The molecule has 1 unspecified atom stereocenters. The van der Waals surface area contributed by atoms with Gasteiger partial charge in [-0.05, 0) is 25.0 Å². The molecule has 1 rings (SSSR count). The number of carbonyl (C=O) groups is 2. The van der Waals surface area contributed by atoms with E-state index in [4.69, 9.17) is 5.26 Å². The van der Waals surface area contributed by atoms with Crippen LogP contribution >= 0.6 is 0 Å². The van der Waals surface area contributed by atoms with Crippen LogP contribution in [0.3, 0.4) is 0 Å². The zero-order chi connectivity index (χ0) is 15.8. The lowest BCUT2D eigenvalue weighted by atomic mass is 10.1. The topological polar surface area (TPSA) is 73.2 Å². The van der Waals surface area contributed by atoms with E-state index >= 15 is 0 Å². The van der Waals surface area contributed by atoms with Gasteiger partial charge in [-0.3, -0.25) is 9.59 Å². The van der Waals surface area contributed by atoms with Crippen LogP contribution in [-0.4, -0.2) is 29.8 Å². The molecule has 0 aromatic heterocycles. The molecule has 0 aliphatic carbocycles. The zero-order valence-corrected chi connectivity index (χ0v) is 12.7. The molecule has 112 valence electrons. The monoisotopic (exact) mass is 287 g/mol. The first-order valence-electron chi connectivity index (χ1n) is 7.04. The van der Waals surface area contributed by atoms with Gasteiger partial charge in [-0.2, -0.15) is 5.26 Å². The number of benzene rings is 1. The van der Waals surface area contributed by atoms with Crippen LogP contribution in [0.2, 0.25) is 0 Å². The van der Waals surface area contributed by atoms with Gasteiger partial charge in [-0.1, -0.05) is 31.5 Å². The molecule has 0 aliphatic rings. The van der Waals surface area contributed by atoms with Gasteiger partial charge < -0.3 is 10.2 Å². The molecular formula is C16H21N3O2. The minimum absolute atomic E-state index is 0.196. The highest BCUT2D eigenvalue weighted by Gasteiger charge is 2.23. The van der Waals surface area contributed by atoms with Crippen molar-refractivity contribution >= 4 is 17.5 Å². The van der Waals surface area contributed by atoms with Gasteiger partial charge in [0.25, 0.3) is 0 Å². The van der Waals surface area contributed by atoms with Crippen LogP contribution in [0, 0.1) is 11.3 Å². The summed E-state index contributed by atoms with van der Waals surface area (Å²) in [6.45, 7) is 3.79. The Kier molecular flexibility index (Phi) is 6.41. The van der Waals surface area contributed by atoms with Gasteiger partial charge in [-0.25, -0.2) is 0 Å². The number of carbonyl (C=O) groups excluding carboxylic acids is 2. The molecule has 0 heterocycles. The van der Waals surface area contributed by atoms with Crippen LogP contribution in [0.25, 0.3) is 0 Å². The van der Waals surface area contributed by atoms with Crippen LogP contribution < -0.4 is 5.32 Å². The molecule has 0 saturated carbocycles. The average molecular weight is 287 g/mol. The van der Waals surface area contributed by atoms with Gasteiger partial charge in [0.2, 0.25) is 0 Å². The van der Waals surface area contributed by atoms with Crippen LogP contribution in [-0.2, 0) is 16.0 Å². The number of nitrogens with one attached hydrogen (secondary N) is 1. The highest BCUT2D eigenvalue weighted by Crippen LogP contribution is 2.17. The summed E-state index contributed by atoms with van der Waals surface area (Å²) < 4.78 is 0. The van der Waals surface area contributed by atoms with Crippen molar-refractivity contribution in [1.82, 2.24) is 4.90 Å². The maximum Gasteiger partial charge on any atom is 0.313 e. The molecule has 1 aromatic rings. The van der Waals surface area contributed by atoms with Crippen LogP contribution in [0.1, 0.15) is 32.3 Å². The normalized spacial score (nSPS) is 11.3. The largest absolute Gasteiger partial charge is 0.334 e. The standard InChI is InChI=1S/C16H21N3O2/c1-4-7-13-8-5-6-9-14(13)18-15(20)16(21)19(3)12(2)10-11-17/h5-6,8-9,12H,4,7,10H2,1-3H3,(H,18,20). The summed E-state index contributed by atoms with van der Waals surface area (Å²) >= 11 is 0. The van der Waals surface area contributed by atoms with Gasteiger partial charge in [0.1, 0.15) is 0 Å². The Hall–Kier alpha value is -2.35. The van der Waals surface area contributed by atoms with E-state index in [9.17, 15) is 9.59 Å². The van der Waals surface area contributed by atoms with Gasteiger partial charge in [0.15, 0.2) is 0 Å². The minimum atomic E-state index is -0.675. The van der Waals surface area contributed by atoms with Gasteiger partial charge in [0, 0.05) is 18.8 Å². The van der Waals surface area contributed by atoms with Crippen molar-refractivity contribution in [2.45, 2.75) is 39.2 Å². The molecule has 2 amide bonds. The molecule has 0 radical (unpaired) electrons. The number of likely N-dealkylation sites (N-methyl/N-ethyl adjacent to an activating group) is 1. The summed E-state index contributed by atoms with van der Waals surface area (Å²) in [6, 6.07) is 9.15. The Morgan fingerprint density at radius 3 is 2.67 bits per heavy atom. The van der Waals surface area contributed by atoms with Crippen molar-refractivity contribution in [3.63, 3.8) is 0 Å². The van der Waals surface area contributed by atoms with E-state index in [1.807, 2.05) is 24.3 Å². The first kappa shape index (κ1) is 16.7. The molecule has 0 fully saturated rings. The lowest BCUT2D eigenvalue weighted by Gasteiger charge is -2.22. The molecule has 5 nitrogen and oxygen atoms in total. The van der Waals surface area contributed by atoms with Crippen molar-refractivity contribution in [1.29, 1.82) is 5.26 Å². The van der Waals surface area contributed by atoms with E-state index in [1.165, 1.54) is 11.9 Å². The molecular weight excluding hydrogens is 266 g/mol. The van der Waals surface area contributed by atoms with Gasteiger partial charge in [-0.15, -0.1) is 0 Å². The lowest BCUT2D eigenvalue weighted by Crippen LogP contribution is -2.42. The summed E-state index contributed by atoms with van der Waals surface area (Å²) in [5, 5.41) is 11.3. The molecule has 1 N–H and O–H groups in total. The molecule has 0 saturated heterocycles. The molecule has 5 heteroatoms. The number of para-hydroxylation sites is 1. The molecule has 0 bridgehead atoms. The van der Waals surface area contributed by atoms with Crippen molar-refractivity contribution in [3.05, 3.63) is 29.8 Å². The van der Waals surface area contributed by atoms with Crippen molar-refractivity contribution < 1.29 is 9.59 Å². The van der Waals surface area contributed by atoms with Crippen LogP contribution in [0.15, 0.2) is 24.3 Å². The Morgan fingerprint density at radius 1 is 1.38 bits per heavy atom. The Balaban J connectivity index is 2.77. The number of rotatable bonds is 5. The smallest absolute Gasteiger partial charge is 0.313 e. The second-order valence-electron chi connectivity index (χ2n) is 4.99. The maximum atomic E-state index is 12.0. The summed E-state index contributed by atoms with van der Waals surface area (Å²) in [4.78, 5) is 25.4. The van der Waals surface area contributed by atoms with E-state index in [0.29, 0.717) is 5.69 Å². The third-order valence-corrected chi connectivity index (χ3v) is 3.35. The predicted molar refractivity (Wildman–Crippen MR) is 81.5 cm³/mol. The highest BCUT2D eigenvalue weighted by molar-refractivity contribution is 6.39. The van der Waals surface area contributed by atoms with Crippen molar-refractivity contribution in [2.24, 2.45) is 0 Å². The third kappa shape index (κ3) is 4.60. The Labute approximate surface area is 125 Å². The number of anilines is 1. The number of hydrogen-bond acceptors (Lipinski definition) is 3. The predicted octanol–water partition coefficient (Wildman–Crippen LogP) is 2.34. The quantitative estimate of drug-likeness (QED) is 0.845. The van der Waals surface area contributed by atoms with E-state index in [-0.39, 0.29) is 12.5 Å². The summed E-state index contributed by atoms with van der Waals surface area (Å²) in [5.41, 5.74) is 1.67. The second kappa shape index (κ2) is 8.05. The van der Waals surface area contributed by atoms with Gasteiger partial charge >= 0.3 is 11.8 Å². The molecule has 0 aliphatic heterocycles. The lowest BCUT2D eigenvalue weighted by molar-refractivity contribution is -0.143. The van der Waals surface area contributed by atoms with E-state index in [1.54, 1.807) is 13.0 Å². The number of amides is 2. The number of hydrogen-bond donors (Lipinski definition) is 1. The minimum Gasteiger partial charge on any atom is -0.334 e. The summed E-state index contributed by atoms with van der Waals surface area (Å²) in [5.74, 6) is -1.31. The van der Waals surface area contributed by atoms with E-state index in [2.05, 4.69) is 12.2 Å². The fraction of sp³-hybridized carbons (Fsp3) is 0.438. The summed E-state index contributed by atoms with van der Waals surface area (Å²) in [7, 11) is 1.53. The Bertz CT molecular complexity index is 549. The van der Waals surface area contributed by atoms with Crippen LogP contribution in [0.5, 0.6) is 0 Å². The first-order chi connectivity index (χ1) is 10.0. The summed E-state index contributed by atoms with van der Waals surface area (Å²) in [6.07, 6.45) is 1.99. The fourth-order valence-electron chi connectivity index (χ4n) is 1.93. The maximum absolute atomic E-state index is 12.0. The zero-order valence-electron chi connectivity index (χ0n) is 12.7. The average Bonchev–Trinajstić information content (AvgIpc) is 2.48. The van der Waals surface area contributed by atoms with Crippen molar-refractivity contribution in [2.75, 3.05) is 12.4 Å². The second-order valence-corrected chi connectivity index (χ2v) is 4.99. The number of nitrogens with zero attached hydrogens (tertiary/aromatic N) is 2. The van der Waals surface area contributed by atoms with Gasteiger partial charge in [0.05, 0.1) is 12.5 Å². The SMILES string of the molecule is CCCc1ccccc1NC(=O)C(=O)N(C)C(C)CC#N. The first-order valence-corrected chi connectivity index (χ1v) is 7.04. The molecule has 1 aromatic carbocycles. The third-order valence-electron chi connectivity index (χ3n) is 3.35. The number of nitriles is 1. The Morgan fingerprint density at radius 2 is 2.05 bits per heavy atom. The highest BCUT2D eigenvalue weighted by atomic mass is 16.2. The molecule has 0 spiro atoms. The van der Waals surface area contributed by atoms with Crippen LogP contribution in [0.4, 0.5) is 5.69 Å². The van der Waals surface area contributed by atoms with Crippen molar-refractivity contribution in [3.8, 4) is 6.07 Å². The van der Waals surface area contributed by atoms with E-state index < -0.39 is 11.8 Å².